The molecular weight excluding hydrogens is 438 g/mol. The van der Waals surface area contributed by atoms with Crippen LogP contribution in [0, 0.1) is 0 Å². The maximum absolute atomic E-state index is 13.2. The van der Waals surface area contributed by atoms with Crippen LogP contribution in [-0.4, -0.2) is 56.1 Å². The summed E-state index contributed by atoms with van der Waals surface area (Å²) in [7, 11) is 0. The van der Waals surface area contributed by atoms with Gasteiger partial charge in [0.05, 0.1) is 11.8 Å². The summed E-state index contributed by atoms with van der Waals surface area (Å²) in [5.41, 5.74) is 2.01. The molecule has 0 spiro atoms. The van der Waals surface area contributed by atoms with E-state index in [2.05, 4.69) is 21.8 Å². The Hall–Kier alpha value is -3.33. The highest BCUT2D eigenvalue weighted by molar-refractivity contribution is 7.99. The van der Waals surface area contributed by atoms with Gasteiger partial charge in [-0.05, 0) is 42.7 Å². The van der Waals surface area contributed by atoms with Gasteiger partial charge in [0, 0.05) is 31.0 Å². The van der Waals surface area contributed by atoms with Crippen LogP contribution in [0.4, 0.5) is 0 Å². The Morgan fingerprint density at radius 1 is 1.15 bits per heavy atom. The number of carbonyl (C=O) groups is 1. The maximum atomic E-state index is 13.2. The lowest BCUT2D eigenvalue weighted by atomic mass is 10.0. The van der Waals surface area contributed by atoms with Gasteiger partial charge < -0.3 is 14.4 Å². The molecule has 0 unspecified atom stereocenters. The van der Waals surface area contributed by atoms with Gasteiger partial charge in [0.15, 0.2) is 22.5 Å². The number of amides is 1. The van der Waals surface area contributed by atoms with Gasteiger partial charge in [0.1, 0.15) is 13.2 Å². The standard InChI is InChI=1S/C24H25N5O3S/c1-2-11-29-23(17-7-9-25-10-8-17)26-27-24(29)33-16-22(30)28-12-3-4-19(28)18-5-6-20-21(15-18)32-14-13-31-20/h2,5-10,15,19H,1,3-4,11-14,16H2/t19-/m0/s1. The first-order valence-electron chi connectivity index (χ1n) is 11.0. The molecular formula is C24H25N5O3S. The number of aromatic nitrogens is 4. The minimum atomic E-state index is 0.0485. The molecule has 1 amide bonds. The summed E-state index contributed by atoms with van der Waals surface area (Å²) in [6, 6.07) is 9.83. The molecule has 170 valence electrons. The van der Waals surface area contributed by atoms with Crippen LogP contribution in [0.25, 0.3) is 11.4 Å². The Morgan fingerprint density at radius 3 is 2.79 bits per heavy atom. The molecule has 8 nitrogen and oxygen atoms in total. The van der Waals surface area contributed by atoms with E-state index in [1.807, 2.05) is 39.8 Å². The topological polar surface area (TPSA) is 82.4 Å². The van der Waals surface area contributed by atoms with Gasteiger partial charge >= 0.3 is 0 Å². The number of hydrogen-bond acceptors (Lipinski definition) is 7. The van der Waals surface area contributed by atoms with Crippen LogP contribution in [0.2, 0.25) is 0 Å². The van der Waals surface area contributed by atoms with E-state index in [4.69, 9.17) is 9.47 Å². The lowest BCUT2D eigenvalue weighted by Gasteiger charge is -2.26. The van der Waals surface area contributed by atoms with E-state index in [0.29, 0.717) is 30.7 Å². The highest BCUT2D eigenvalue weighted by atomic mass is 32.2. The number of ether oxygens (including phenoxy) is 2. The van der Waals surface area contributed by atoms with Crippen LogP contribution >= 0.6 is 11.8 Å². The second-order valence-electron chi connectivity index (χ2n) is 7.88. The van der Waals surface area contributed by atoms with Gasteiger partial charge in [-0.25, -0.2) is 0 Å². The van der Waals surface area contributed by atoms with Gasteiger partial charge in [0.2, 0.25) is 5.91 Å². The third kappa shape index (κ3) is 4.45. The second kappa shape index (κ2) is 9.66. The predicted octanol–water partition coefficient (Wildman–Crippen LogP) is 3.75. The number of pyridine rings is 1. The molecule has 0 bridgehead atoms. The fourth-order valence-electron chi connectivity index (χ4n) is 4.29. The third-order valence-electron chi connectivity index (χ3n) is 5.82. The Bertz CT molecular complexity index is 1150. The van der Waals surface area contributed by atoms with Gasteiger partial charge in [-0.3, -0.25) is 14.3 Å². The summed E-state index contributed by atoms with van der Waals surface area (Å²) in [5, 5.41) is 9.39. The van der Waals surface area contributed by atoms with Crippen molar-refractivity contribution in [2.45, 2.75) is 30.6 Å². The molecule has 9 heteroatoms. The Labute approximate surface area is 196 Å². The Kier molecular flexibility index (Phi) is 6.30. The highest BCUT2D eigenvalue weighted by Crippen LogP contribution is 2.38. The molecule has 5 rings (SSSR count). The van der Waals surface area contributed by atoms with Gasteiger partial charge in [-0.2, -0.15) is 0 Å². The molecule has 2 aliphatic rings. The quantitative estimate of drug-likeness (QED) is 0.390. The number of nitrogens with zero attached hydrogens (tertiary/aromatic N) is 5. The van der Waals surface area contributed by atoms with Crippen LogP contribution in [0.15, 0.2) is 60.5 Å². The summed E-state index contributed by atoms with van der Waals surface area (Å²) < 4.78 is 13.3. The Morgan fingerprint density at radius 2 is 1.97 bits per heavy atom. The molecule has 2 aliphatic heterocycles. The number of rotatable bonds is 7. The lowest BCUT2D eigenvalue weighted by Crippen LogP contribution is -2.32. The number of carbonyl (C=O) groups excluding carboxylic acids is 1. The summed E-state index contributed by atoms with van der Waals surface area (Å²) in [4.78, 5) is 19.2. The number of thioether (sulfide) groups is 1. The molecule has 1 aromatic carbocycles. The zero-order chi connectivity index (χ0) is 22.6. The molecule has 0 aliphatic carbocycles. The van der Waals surface area contributed by atoms with Crippen molar-refractivity contribution in [3.05, 3.63) is 60.9 Å². The second-order valence-corrected chi connectivity index (χ2v) is 8.82. The van der Waals surface area contributed by atoms with Crippen molar-refractivity contribution in [3.8, 4) is 22.9 Å². The van der Waals surface area contributed by atoms with Crippen LogP contribution in [-0.2, 0) is 11.3 Å². The SMILES string of the molecule is C=CCn1c(SCC(=O)N2CCC[C@H]2c2ccc3c(c2)OCCO3)nnc1-c1ccncc1. The summed E-state index contributed by atoms with van der Waals surface area (Å²) >= 11 is 1.41. The fraction of sp³-hybridized carbons (Fsp3) is 0.333. The largest absolute Gasteiger partial charge is 0.486 e. The van der Waals surface area contributed by atoms with Crippen molar-refractivity contribution in [3.63, 3.8) is 0 Å². The van der Waals surface area contributed by atoms with Gasteiger partial charge in [-0.15, -0.1) is 16.8 Å². The minimum Gasteiger partial charge on any atom is -0.486 e. The van der Waals surface area contributed by atoms with E-state index in [0.717, 1.165) is 47.8 Å². The smallest absolute Gasteiger partial charge is 0.233 e. The minimum absolute atomic E-state index is 0.0485. The molecule has 2 aromatic heterocycles. The van der Waals surface area contributed by atoms with E-state index < -0.39 is 0 Å². The van der Waals surface area contributed by atoms with Crippen molar-refractivity contribution >= 4 is 17.7 Å². The molecule has 1 fully saturated rings. The molecule has 3 aromatic rings. The van der Waals surface area contributed by atoms with E-state index in [1.54, 1.807) is 18.5 Å². The molecule has 33 heavy (non-hydrogen) atoms. The maximum Gasteiger partial charge on any atom is 0.233 e. The zero-order valence-electron chi connectivity index (χ0n) is 18.2. The van der Waals surface area contributed by atoms with Crippen LogP contribution in [0.5, 0.6) is 11.5 Å². The summed E-state index contributed by atoms with van der Waals surface area (Å²) in [6.07, 6.45) is 7.18. The van der Waals surface area contributed by atoms with E-state index in [1.165, 1.54) is 11.8 Å². The average molecular weight is 464 g/mol. The highest BCUT2D eigenvalue weighted by Gasteiger charge is 2.31. The average Bonchev–Trinajstić information content (AvgIpc) is 3.51. The number of likely N-dealkylation sites (tertiary alicyclic amines) is 1. The zero-order valence-corrected chi connectivity index (χ0v) is 19.0. The van der Waals surface area contributed by atoms with E-state index >= 15 is 0 Å². The molecule has 4 heterocycles. The molecule has 1 saturated heterocycles. The predicted molar refractivity (Wildman–Crippen MR) is 125 cm³/mol. The number of hydrogen-bond donors (Lipinski definition) is 0. The fourth-order valence-corrected chi connectivity index (χ4v) is 5.13. The number of allylic oxidation sites excluding steroid dienone is 1. The van der Waals surface area contributed by atoms with Crippen molar-refractivity contribution < 1.29 is 14.3 Å². The van der Waals surface area contributed by atoms with Crippen molar-refractivity contribution in [1.29, 1.82) is 0 Å². The van der Waals surface area contributed by atoms with E-state index in [-0.39, 0.29) is 11.9 Å². The molecule has 0 N–H and O–H groups in total. The number of fused-ring (bicyclic) bond motifs is 1. The van der Waals surface area contributed by atoms with Crippen molar-refractivity contribution in [1.82, 2.24) is 24.6 Å². The molecule has 1 atom stereocenters. The van der Waals surface area contributed by atoms with E-state index in [9.17, 15) is 4.79 Å². The Balaban J connectivity index is 1.30. The first-order valence-corrected chi connectivity index (χ1v) is 12.0. The van der Waals surface area contributed by atoms with Crippen LogP contribution in [0.3, 0.4) is 0 Å². The monoisotopic (exact) mass is 463 g/mol. The first kappa shape index (κ1) is 21.5. The normalized spacial score (nSPS) is 17.2. The van der Waals surface area contributed by atoms with Gasteiger partial charge in [-0.1, -0.05) is 23.9 Å². The van der Waals surface area contributed by atoms with Gasteiger partial charge in [0.25, 0.3) is 0 Å². The molecule has 0 radical (unpaired) electrons. The van der Waals surface area contributed by atoms with Crippen LogP contribution in [0.1, 0.15) is 24.4 Å². The third-order valence-corrected chi connectivity index (χ3v) is 6.77. The van der Waals surface area contributed by atoms with Crippen molar-refractivity contribution in [2.24, 2.45) is 0 Å². The molecule has 0 saturated carbocycles. The number of benzene rings is 1. The first-order chi connectivity index (χ1) is 16.2. The summed E-state index contributed by atoms with van der Waals surface area (Å²) in [6.45, 7) is 6.28. The van der Waals surface area contributed by atoms with Crippen LogP contribution < -0.4 is 9.47 Å². The van der Waals surface area contributed by atoms with Crippen molar-refractivity contribution in [2.75, 3.05) is 25.5 Å². The summed E-state index contributed by atoms with van der Waals surface area (Å²) in [5.74, 6) is 2.65. The lowest BCUT2D eigenvalue weighted by molar-refractivity contribution is -0.129.